The molecule has 1 fully saturated rings. The predicted molar refractivity (Wildman–Crippen MR) is 77.6 cm³/mol. The van der Waals surface area contributed by atoms with Gasteiger partial charge >= 0.3 is 0 Å². The van der Waals surface area contributed by atoms with E-state index in [1.54, 1.807) is 18.2 Å². The van der Waals surface area contributed by atoms with Gasteiger partial charge in [0.25, 0.3) is 0 Å². The fourth-order valence-electron chi connectivity index (χ4n) is 2.50. The van der Waals surface area contributed by atoms with Crippen LogP contribution in [0.5, 0.6) is 0 Å². The van der Waals surface area contributed by atoms with E-state index < -0.39 is 9.84 Å². The quantitative estimate of drug-likeness (QED) is 0.582. The maximum atomic E-state index is 11.7. The van der Waals surface area contributed by atoms with Gasteiger partial charge in [-0.1, -0.05) is 49.7 Å². The highest BCUT2D eigenvalue weighted by Crippen LogP contribution is 2.22. The highest BCUT2D eigenvalue weighted by atomic mass is 32.2. The Hall–Kier alpha value is -1.27. The van der Waals surface area contributed by atoms with Crippen LogP contribution in [0.3, 0.4) is 0 Å². The zero-order chi connectivity index (χ0) is 13.7. The van der Waals surface area contributed by atoms with Crippen molar-refractivity contribution < 1.29 is 8.42 Å². The van der Waals surface area contributed by atoms with E-state index in [1.165, 1.54) is 31.9 Å². The normalized spacial score (nSPS) is 17.3. The summed E-state index contributed by atoms with van der Waals surface area (Å²) in [7, 11) is -3.20. The third-order valence-corrected chi connectivity index (χ3v) is 4.71. The number of hydrogen-bond donors (Lipinski definition) is 0. The Morgan fingerprint density at radius 1 is 1.05 bits per heavy atom. The molecule has 0 saturated heterocycles. The summed E-state index contributed by atoms with van der Waals surface area (Å²) in [6.45, 7) is 0. The van der Waals surface area contributed by atoms with Gasteiger partial charge in [-0.15, -0.1) is 0 Å². The van der Waals surface area contributed by atoms with E-state index in [0.29, 0.717) is 16.4 Å². The van der Waals surface area contributed by atoms with Gasteiger partial charge in [0.05, 0.1) is 4.90 Å². The summed E-state index contributed by atoms with van der Waals surface area (Å²) in [5.74, 6) is 6.79. The molecule has 1 aliphatic carbocycles. The molecule has 0 unspecified atom stereocenters. The van der Waals surface area contributed by atoms with Gasteiger partial charge in [0.2, 0.25) is 0 Å². The van der Waals surface area contributed by atoms with Crippen LogP contribution in [0.2, 0.25) is 0 Å². The lowest BCUT2D eigenvalue weighted by Crippen LogP contribution is -2.00. The lowest BCUT2D eigenvalue weighted by molar-refractivity contribution is 0.577. The van der Waals surface area contributed by atoms with Crippen molar-refractivity contribution in [3.8, 4) is 11.8 Å². The van der Waals surface area contributed by atoms with Crippen LogP contribution < -0.4 is 0 Å². The molecule has 0 spiro atoms. The van der Waals surface area contributed by atoms with Crippen molar-refractivity contribution in [2.75, 3.05) is 6.26 Å². The third-order valence-electron chi connectivity index (χ3n) is 3.55. The molecule has 1 aromatic rings. The Balaban J connectivity index is 2.24. The second-order valence-electron chi connectivity index (χ2n) is 5.23. The van der Waals surface area contributed by atoms with Crippen molar-refractivity contribution in [3.63, 3.8) is 0 Å². The predicted octanol–water partition coefficient (Wildman–Crippen LogP) is 3.41. The van der Waals surface area contributed by atoms with E-state index >= 15 is 0 Å². The summed E-state index contributed by atoms with van der Waals surface area (Å²) in [6.07, 6.45) is 8.62. The van der Waals surface area contributed by atoms with Gasteiger partial charge in [0.1, 0.15) is 0 Å². The lowest BCUT2D eigenvalue weighted by atomic mass is 10.0. The molecule has 0 heterocycles. The second kappa shape index (κ2) is 6.25. The zero-order valence-electron chi connectivity index (χ0n) is 11.4. The smallest absolute Gasteiger partial charge is 0.176 e. The van der Waals surface area contributed by atoms with E-state index in [9.17, 15) is 8.42 Å². The van der Waals surface area contributed by atoms with E-state index in [2.05, 4.69) is 11.8 Å². The monoisotopic (exact) mass is 276 g/mol. The molecule has 2 rings (SSSR count). The van der Waals surface area contributed by atoms with Gasteiger partial charge in [0, 0.05) is 17.7 Å². The van der Waals surface area contributed by atoms with Crippen LogP contribution in [0.1, 0.15) is 44.1 Å². The first-order valence-electron chi connectivity index (χ1n) is 6.88. The van der Waals surface area contributed by atoms with Crippen molar-refractivity contribution in [1.82, 2.24) is 0 Å². The Kier molecular flexibility index (Phi) is 4.66. The summed E-state index contributed by atoms with van der Waals surface area (Å²) in [5, 5.41) is 0. The van der Waals surface area contributed by atoms with Gasteiger partial charge in [0.15, 0.2) is 9.84 Å². The molecule has 2 nitrogen and oxygen atoms in total. The van der Waals surface area contributed by atoms with Gasteiger partial charge in [-0.2, -0.15) is 0 Å². The molecule has 0 aromatic heterocycles. The number of benzene rings is 1. The van der Waals surface area contributed by atoms with Crippen LogP contribution in [-0.2, 0) is 9.84 Å². The summed E-state index contributed by atoms with van der Waals surface area (Å²) in [5.41, 5.74) is 0.634. The van der Waals surface area contributed by atoms with Crippen LogP contribution in [0.4, 0.5) is 0 Å². The molecule has 1 aliphatic rings. The number of hydrogen-bond acceptors (Lipinski definition) is 2. The first-order chi connectivity index (χ1) is 9.07. The SMILES string of the molecule is CS(=O)(=O)c1ccccc1C#CC1CCCCCC1. The van der Waals surface area contributed by atoms with Crippen molar-refractivity contribution in [1.29, 1.82) is 0 Å². The summed E-state index contributed by atoms with van der Waals surface area (Å²) < 4.78 is 23.4. The summed E-state index contributed by atoms with van der Waals surface area (Å²) >= 11 is 0. The topological polar surface area (TPSA) is 34.1 Å². The van der Waals surface area contributed by atoms with Gasteiger partial charge in [-0.05, 0) is 25.0 Å². The van der Waals surface area contributed by atoms with E-state index in [-0.39, 0.29) is 0 Å². The standard InChI is InChI=1S/C16H20O2S/c1-19(17,18)16-11-7-6-10-15(16)13-12-14-8-4-2-3-5-9-14/h6-7,10-11,14H,2-5,8-9H2,1H3. The summed E-state index contributed by atoms with van der Waals surface area (Å²) in [4.78, 5) is 0.344. The largest absolute Gasteiger partial charge is 0.224 e. The first-order valence-corrected chi connectivity index (χ1v) is 8.77. The number of sulfone groups is 1. The average molecular weight is 276 g/mol. The van der Waals surface area contributed by atoms with Crippen LogP contribution in [0, 0.1) is 17.8 Å². The van der Waals surface area contributed by atoms with Crippen molar-refractivity contribution in [2.24, 2.45) is 5.92 Å². The molecule has 0 radical (unpaired) electrons. The van der Waals surface area contributed by atoms with Gasteiger partial charge < -0.3 is 0 Å². The molecule has 102 valence electrons. The minimum atomic E-state index is -3.20. The third kappa shape index (κ3) is 4.11. The highest BCUT2D eigenvalue weighted by Gasteiger charge is 2.12. The zero-order valence-corrected chi connectivity index (χ0v) is 12.2. The molecule has 3 heteroatoms. The molecular weight excluding hydrogens is 256 g/mol. The fourth-order valence-corrected chi connectivity index (χ4v) is 3.34. The maximum absolute atomic E-state index is 11.7. The Morgan fingerprint density at radius 2 is 1.68 bits per heavy atom. The van der Waals surface area contributed by atoms with Crippen LogP contribution in [0.25, 0.3) is 0 Å². The molecule has 1 saturated carbocycles. The molecule has 0 bridgehead atoms. The van der Waals surface area contributed by atoms with Crippen molar-refractivity contribution in [3.05, 3.63) is 29.8 Å². The Bertz CT molecular complexity index is 583. The van der Waals surface area contributed by atoms with Crippen LogP contribution in [-0.4, -0.2) is 14.7 Å². The van der Waals surface area contributed by atoms with E-state index in [4.69, 9.17) is 0 Å². The minimum absolute atomic E-state index is 0.344. The van der Waals surface area contributed by atoms with Crippen molar-refractivity contribution in [2.45, 2.75) is 43.4 Å². The Labute approximate surface area is 116 Å². The van der Waals surface area contributed by atoms with Crippen LogP contribution >= 0.6 is 0 Å². The molecular formula is C16H20O2S. The highest BCUT2D eigenvalue weighted by molar-refractivity contribution is 7.90. The molecule has 1 aromatic carbocycles. The minimum Gasteiger partial charge on any atom is -0.224 e. The molecule has 0 aliphatic heterocycles. The van der Waals surface area contributed by atoms with Crippen LogP contribution in [0.15, 0.2) is 29.2 Å². The molecule has 0 amide bonds. The first kappa shape index (κ1) is 14.1. The average Bonchev–Trinajstić information content (AvgIpc) is 2.64. The van der Waals surface area contributed by atoms with E-state index in [1.807, 2.05) is 6.07 Å². The fraction of sp³-hybridized carbons (Fsp3) is 0.500. The maximum Gasteiger partial charge on any atom is 0.176 e. The van der Waals surface area contributed by atoms with Crippen molar-refractivity contribution >= 4 is 9.84 Å². The molecule has 0 N–H and O–H groups in total. The van der Waals surface area contributed by atoms with E-state index in [0.717, 1.165) is 12.8 Å². The second-order valence-corrected chi connectivity index (χ2v) is 7.21. The number of rotatable bonds is 1. The summed E-state index contributed by atoms with van der Waals surface area (Å²) in [6, 6.07) is 7.01. The Morgan fingerprint density at radius 3 is 2.32 bits per heavy atom. The lowest BCUT2D eigenvalue weighted by Gasteiger charge is -2.05. The van der Waals surface area contributed by atoms with Gasteiger partial charge in [-0.3, -0.25) is 0 Å². The molecule has 19 heavy (non-hydrogen) atoms. The molecule has 0 atom stereocenters. The van der Waals surface area contributed by atoms with Gasteiger partial charge in [-0.25, -0.2) is 8.42 Å².